The number of aryl methyl sites for hydroxylation is 1. The zero-order valence-corrected chi connectivity index (χ0v) is 14.9. The molecule has 6 heteroatoms. The lowest BCUT2D eigenvalue weighted by molar-refractivity contribution is -0.113. The maximum atomic E-state index is 12.0. The standard InChI is InChI=1S/C18H17N3OS2/c1-13-7-5-6-10-15(13)17-20-21-18(24-17)19-16(22)12-23-11-14-8-3-2-4-9-14/h2-10H,11-12H2,1H3,(H,19,21,22). The molecule has 0 radical (unpaired) electrons. The van der Waals surface area contributed by atoms with Crippen molar-refractivity contribution in [1.29, 1.82) is 0 Å². The van der Waals surface area contributed by atoms with Crippen molar-refractivity contribution in [3.63, 3.8) is 0 Å². The molecule has 122 valence electrons. The van der Waals surface area contributed by atoms with Gasteiger partial charge in [0.2, 0.25) is 11.0 Å². The van der Waals surface area contributed by atoms with E-state index in [0.29, 0.717) is 10.9 Å². The van der Waals surface area contributed by atoms with E-state index >= 15 is 0 Å². The van der Waals surface area contributed by atoms with E-state index in [0.717, 1.165) is 21.9 Å². The Hall–Kier alpha value is -2.18. The summed E-state index contributed by atoms with van der Waals surface area (Å²) in [6.07, 6.45) is 0. The van der Waals surface area contributed by atoms with Gasteiger partial charge in [-0.25, -0.2) is 0 Å². The monoisotopic (exact) mass is 355 g/mol. The highest BCUT2D eigenvalue weighted by Crippen LogP contribution is 2.28. The highest BCUT2D eigenvalue weighted by atomic mass is 32.2. The fourth-order valence-corrected chi connectivity index (χ4v) is 3.82. The second-order valence-corrected chi connectivity index (χ2v) is 7.22. The van der Waals surface area contributed by atoms with Crippen LogP contribution < -0.4 is 5.32 Å². The van der Waals surface area contributed by atoms with E-state index < -0.39 is 0 Å². The molecule has 0 saturated carbocycles. The first-order valence-corrected chi connectivity index (χ1v) is 9.50. The Morgan fingerprint density at radius 1 is 1.08 bits per heavy atom. The first-order chi connectivity index (χ1) is 11.7. The number of carbonyl (C=O) groups is 1. The summed E-state index contributed by atoms with van der Waals surface area (Å²) in [4.78, 5) is 12.0. The van der Waals surface area contributed by atoms with Gasteiger partial charge >= 0.3 is 0 Å². The molecular formula is C18H17N3OS2. The van der Waals surface area contributed by atoms with Crippen molar-refractivity contribution < 1.29 is 4.79 Å². The van der Waals surface area contributed by atoms with Crippen LogP contribution in [0.3, 0.4) is 0 Å². The molecule has 0 aliphatic carbocycles. The SMILES string of the molecule is Cc1ccccc1-c1nnc(NC(=O)CSCc2ccccc2)s1. The number of nitrogens with one attached hydrogen (secondary N) is 1. The molecule has 1 N–H and O–H groups in total. The first kappa shape index (κ1) is 16.7. The molecule has 0 unspecified atom stereocenters. The molecule has 2 aromatic carbocycles. The van der Waals surface area contributed by atoms with Crippen LogP contribution in [0.25, 0.3) is 10.6 Å². The van der Waals surface area contributed by atoms with Gasteiger partial charge in [-0.05, 0) is 18.1 Å². The molecule has 24 heavy (non-hydrogen) atoms. The van der Waals surface area contributed by atoms with Crippen molar-refractivity contribution in [3.8, 4) is 10.6 Å². The summed E-state index contributed by atoms with van der Waals surface area (Å²) in [5.41, 5.74) is 3.41. The predicted octanol–water partition coefficient (Wildman–Crippen LogP) is 4.39. The molecule has 0 atom stereocenters. The van der Waals surface area contributed by atoms with Crippen LogP contribution in [0.4, 0.5) is 5.13 Å². The molecular weight excluding hydrogens is 338 g/mol. The lowest BCUT2D eigenvalue weighted by Gasteiger charge is -2.02. The summed E-state index contributed by atoms with van der Waals surface area (Å²) >= 11 is 2.98. The number of benzene rings is 2. The third-order valence-electron chi connectivity index (χ3n) is 3.39. The number of carbonyl (C=O) groups excluding carboxylic acids is 1. The number of hydrogen-bond acceptors (Lipinski definition) is 5. The van der Waals surface area contributed by atoms with E-state index in [1.54, 1.807) is 11.8 Å². The molecule has 0 fully saturated rings. The Kier molecular flexibility index (Phi) is 5.61. The van der Waals surface area contributed by atoms with Crippen LogP contribution >= 0.6 is 23.1 Å². The summed E-state index contributed by atoms with van der Waals surface area (Å²) in [6, 6.07) is 18.1. The van der Waals surface area contributed by atoms with Crippen LogP contribution in [0, 0.1) is 6.92 Å². The number of rotatable bonds is 6. The van der Waals surface area contributed by atoms with E-state index in [1.807, 2.05) is 49.4 Å². The maximum absolute atomic E-state index is 12.0. The number of anilines is 1. The van der Waals surface area contributed by atoms with Gasteiger partial charge in [0.25, 0.3) is 0 Å². The summed E-state index contributed by atoms with van der Waals surface area (Å²) in [7, 11) is 0. The number of amides is 1. The quantitative estimate of drug-likeness (QED) is 0.713. The first-order valence-electron chi connectivity index (χ1n) is 7.53. The lowest BCUT2D eigenvalue weighted by Crippen LogP contribution is -2.13. The van der Waals surface area contributed by atoms with Gasteiger partial charge in [-0.3, -0.25) is 10.1 Å². The van der Waals surface area contributed by atoms with Crippen molar-refractivity contribution >= 4 is 34.1 Å². The minimum Gasteiger partial charge on any atom is -0.300 e. The van der Waals surface area contributed by atoms with Crippen molar-refractivity contribution in [2.24, 2.45) is 0 Å². The van der Waals surface area contributed by atoms with Crippen molar-refractivity contribution in [2.45, 2.75) is 12.7 Å². The molecule has 3 rings (SSSR count). The Morgan fingerprint density at radius 3 is 2.62 bits per heavy atom. The van der Waals surface area contributed by atoms with Gasteiger partial charge in [0, 0.05) is 11.3 Å². The summed E-state index contributed by atoms with van der Waals surface area (Å²) in [5, 5.41) is 12.4. The lowest BCUT2D eigenvalue weighted by atomic mass is 10.1. The van der Waals surface area contributed by atoms with Gasteiger partial charge in [0.1, 0.15) is 5.01 Å². The van der Waals surface area contributed by atoms with Crippen molar-refractivity contribution in [2.75, 3.05) is 11.1 Å². The summed E-state index contributed by atoms with van der Waals surface area (Å²) in [5.74, 6) is 1.16. The molecule has 1 heterocycles. The summed E-state index contributed by atoms with van der Waals surface area (Å²) < 4.78 is 0. The van der Waals surface area contributed by atoms with Crippen LogP contribution in [-0.4, -0.2) is 21.9 Å². The number of thioether (sulfide) groups is 1. The van der Waals surface area contributed by atoms with Gasteiger partial charge < -0.3 is 0 Å². The molecule has 0 saturated heterocycles. The predicted molar refractivity (Wildman–Crippen MR) is 101 cm³/mol. The van der Waals surface area contributed by atoms with Crippen LogP contribution in [0.1, 0.15) is 11.1 Å². The zero-order chi connectivity index (χ0) is 16.8. The van der Waals surface area contributed by atoms with Gasteiger partial charge in [-0.1, -0.05) is 65.9 Å². The van der Waals surface area contributed by atoms with Gasteiger partial charge in [-0.2, -0.15) is 0 Å². The van der Waals surface area contributed by atoms with Crippen LogP contribution in [0.5, 0.6) is 0 Å². The molecule has 4 nitrogen and oxygen atoms in total. The Balaban J connectivity index is 1.53. The topological polar surface area (TPSA) is 54.9 Å². The third-order valence-corrected chi connectivity index (χ3v) is 5.27. The van der Waals surface area contributed by atoms with Crippen molar-refractivity contribution in [1.82, 2.24) is 10.2 Å². The smallest absolute Gasteiger partial charge is 0.236 e. The second kappa shape index (κ2) is 8.08. The minimum absolute atomic E-state index is 0.0524. The van der Waals surface area contributed by atoms with Gasteiger partial charge in [0.15, 0.2) is 0 Å². The van der Waals surface area contributed by atoms with E-state index in [-0.39, 0.29) is 5.91 Å². The third kappa shape index (κ3) is 4.43. The second-order valence-electron chi connectivity index (χ2n) is 5.25. The van der Waals surface area contributed by atoms with Crippen molar-refractivity contribution in [3.05, 3.63) is 65.7 Å². The normalized spacial score (nSPS) is 10.5. The molecule has 0 bridgehead atoms. The molecule has 0 spiro atoms. The largest absolute Gasteiger partial charge is 0.300 e. The van der Waals surface area contributed by atoms with Gasteiger partial charge in [0.05, 0.1) is 5.75 Å². The van der Waals surface area contributed by atoms with Crippen LogP contribution in [0.15, 0.2) is 54.6 Å². The fraction of sp³-hybridized carbons (Fsp3) is 0.167. The molecule has 1 amide bonds. The molecule has 3 aromatic rings. The molecule has 1 aromatic heterocycles. The number of aromatic nitrogens is 2. The number of hydrogen-bond donors (Lipinski definition) is 1. The van der Waals surface area contributed by atoms with E-state index in [1.165, 1.54) is 16.9 Å². The van der Waals surface area contributed by atoms with Gasteiger partial charge in [-0.15, -0.1) is 22.0 Å². The van der Waals surface area contributed by atoms with E-state index in [4.69, 9.17) is 0 Å². The Bertz CT molecular complexity index is 818. The Morgan fingerprint density at radius 2 is 1.83 bits per heavy atom. The number of nitrogens with zero attached hydrogens (tertiary/aromatic N) is 2. The van der Waals surface area contributed by atoms with E-state index in [2.05, 4.69) is 27.6 Å². The maximum Gasteiger partial charge on any atom is 0.236 e. The van der Waals surface area contributed by atoms with Crippen LogP contribution in [0.2, 0.25) is 0 Å². The summed E-state index contributed by atoms with van der Waals surface area (Å²) in [6.45, 7) is 2.04. The van der Waals surface area contributed by atoms with Crippen LogP contribution in [-0.2, 0) is 10.5 Å². The highest BCUT2D eigenvalue weighted by Gasteiger charge is 2.11. The molecule has 0 aliphatic rings. The average Bonchev–Trinajstić information content (AvgIpc) is 3.04. The zero-order valence-electron chi connectivity index (χ0n) is 13.2. The fourth-order valence-electron chi connectivity index (χ4n) is 2.19. The average molecular weight is 355 g/mol. The molecule has 0 aliphatic heterocycles. The Labute approximate surface area is 149 Å². The minimum atomic E-state index is -0.0524. The highest BCUT2D eigenvalue weighted by molar-refractivity contribution is 7.99. The van der Waals surface area contributed by atoms with E-state index in [9.17, 15) is 4.79 Å².